The van der Waals surface area contributed by atoms with E-state index >= 15 is 0 Å². The van der Waals surface area contributed by atoms with Crippen LogP contribution in [0.2, 0.25) is 0 Å². The van der Waals surface area contributed by atoms with Crippen LogP contribution in [0.1, 0.15) is 62.0 Å². The van der Waals surface area contributed by atoms with E-state index in [1.807, 2.05) is 18.0 Å². The highest BCUT2D eigenvalue weighted by Crippen LogP contribution is 2.48. The SMILES string of the molecule is Cc1cc(C(=O)N(C)C(C)(C)C)cc(C2(C)CC2)c1. The van der Waals surface area contributed by atoms with Gasteiger partial charge in [0.15, 0.2) is 0 Å². The molecule has 1 aromatic rings. The monoisotopic (exact) mass is 259 g/mol. The summed E-state index contributed by atoms with van der Waals surface area (Å²) in [5.41, 5.74) is 3.47. The van der Waals surface area contributed by atoms with Crippen molar-refractivity contribution in [1.82, 2.24) is 4.90 Å². The van der Waals surface area contributed by atoms with Crippen LogP contribution in [0.15, 0.2) is 18.2 Å². The lowest BCUT2D eigenvalue weighted by molar-refractivity contribution is 0.0655. The van der Waals surface area contributed by atoms with E-state index in [1.165, 1.54) is 24.0 Å². The first kappa shape index (κ1) is 14.1. The number of nitrogens with zero attached hydrogens (tertiary/aromatic N) is 1. The molecule has 1 saturated carbocycles. The Morgan fingerprint density at radius 2 is 1.79 bits per heavy atom. The molecule has 0 bridgehead atoms. The molecule has 0 spiro atoms. The van der Waals surface area contributed by atoms with Gasteiger partial charge in [0, 0.05) is 18.2 Å². The molecule has 0 radical (unpaired) electrons. The van der Waals surface area contributed by atoms with E-state index in [2.05, 4.69) is 46.8 Å². The van der Waals surface area contributed by atoms with Crippen LogP contribution < -0.4 is 0 Å². The lowest BCUT2D eigenvalue weighted by Gasteiger charge is -2.32. The summed E-state index contributed by atoms with van der Waals surface area (Å²) in [7, 11) is 1.88. The van der Waals surface area contributed by atoms with Crippen LogP contribution in [0.3, 0.4) is 0 Å². The molecule has 2 heteroatoms. The summed E-state index contributed by atoms with van der Waals surface area (Å²) in [5.74, 6) is 0.113. The van der Waals surface area contributed by atoms with Crippen molar-refractivity contribution in [2.75, 3.05) is 7.05 Å². The Labute approximate surface area is 116 Å². The molecule has 1 aliphatic carbocycles. The second-order valence-electron chi connectivity index (χ2n) is 7.18. The highest BCUT2D eigenvalue weighted by atomic mass is 16.2. The average molecular weight is 259 g/mol. The van der Waals surface area contributed by atoms with Gasteiger partial charge in [0.2, 0.25) is 0 Å². The molecule has 2 nitrogen and oxygen atoms in total. The zero-order valence-corrected chi connectivity index (χ0v) is 13.0. The highest BCUT2D eigenvalue weighted by molar-refractivity contribution is 5.95. The summed E-state index contributed by atoms with van der Waals surface area (Å²) in [6.45, 7) is 10.5. The van der Waals surface area contributed by atoms with Gasteiger partial charge in [-0.15, -0.1) is 0 Å². The molecule has 1 aliphatic rings. The fourth-order valence-corrected chi connectivity index (χ4v) is 2.23. The van der Waals surface area contributed by atoms with Gasteiger partial charge >= 0.3 is 0 Å². The van der Waals surface area contributed by atoms with Crippen molar-refractivity contribution in [3.8, 4) is 0 Å². The zero-order chi connectivity index (χ0) is 14.4. The van der Waals surface area contributed by atoms with E-state index in [0.717, 1.165) is 5.56 Å². The van der Waals surface area contributed by atoms with Crippen molar-refractivity contribution in [2.45, 2.75) is 58.4 Å². The first-order valence-electron chi connectivity index (χ1n) is 7.04. The van der Waals surface area contributed by atoms with Crippen LogP contribution in [-0.4, -0.2) is 23.4 Å². The summed E-state index contributed by atoms with van der Waals surface area (Å²) in [4.78, 5) is 14.4. The first-order valence-corrected chi connectivity index (χ1v) is 7.04. The summed E-state index contributed by atoms with van der Waals surface area (Å²) in [6.07, 6.45) is 2.47. The van der Waals surface area contributed by atoms with Gasteiger partial charge in [-0.25, -0.2) is 0 Å². The van der Waals surface area contributed by atoms with Crippen LogP contribution in [0, 0.1) is 6.92 Å². The Balaban J connectivity index is 2.35. The maximum atomic E-state index is 12.6. The van der Waals surface area contributed by atoms with Crippen molar-refractivity contribution in [3.05, 3.63) is 34.9 Å². The first-order chi connectivity index (χ1) is 8.63. The van der Waals surface area contributed by atoms with E-state index in [0.29, 0.717) is 5.41 Å². The summed E-state index contributed by atoms with van der Waals surface area (Å²) in [6, 6.07) is 6.31. The molecule has 0 atom stereocenters. The molecule has 0 heterocycles. The minimum atomic E-state index is -0.148. The smallest absolute Gasteiger partial charge is 0.254 e. The standard InChI is InChI=1S/C17H25NO/c1-12-9-13(15(19)18(6)16(2,3)4)11-14(10-12)17(5)7-8-17/h9-11H,7-8H2,1-6H3. The van der Waals surface area contributed by atoms with Gasteiger partial charge in [-0.1, -0.05) is 18.6 Å². The van der Waals surface area contributed by atoms with Gasteiger partial charge in [-0.05, 0) is 63.6 Å². The lowest BCUT2D eigenvalue weighted by Crippen LogP contribution is -2.42. The van der Waals surface area contributed by atoms with Gasteiger partial charge in [0.1, 0.15) is 0 Å². The molecule has 1 aromatic carbocycles. The number of aryl methyl sites for hydroxylation is 1. The Bertz CT molecular complexity index is 506. The van der Waals surface area contributed by atoms with Crippen molar-refractivity contribution >= 4 is 5.91 Å². The van der Waals surface area contributed by atoms with Crippen LogP contribution in [0.5, 0.6) is 0 Å². The maximum Gasteiger partial charge on any atom is 0.254 e. The predicted octanol–water partition coefficient (Wildman–Crippen LogP) is 3.92. The lowest BCUT2D eigenvalue weighted by atomic mass is 9.93. The predicted molar refractivity (Wildman–Crippen MR) is 79.6 cm³/mol. The van der Waals surface area contributed by atoms with Crippen molar-refractivity contribution in [3.63, 3.8) is 0 Å². The molecular weight excluding hydrogens is 234 g/mol. The summed E-state index contributed by atoms with van der Waals surface area (Å²) in [5, 5.41) is 0. The molecule has 0 saturated heterocycles. The molecule has 19 heavy (non-hydrogen) atoms. The summed E-state index contributed by atoms with van der Waals surface area (Å²) >= 11 is 0. The second-order valence-corrected chi connectivity index (χ2v) is 7.18. The molecule has 0 N–H and O–H groups in total. The third-order valence-corrected chi connectivity index (χ3v) is 4.33. The molecule has 2 rings (SSSR count). The van der Waals surface area contributed by atoms with Crippen LogP contribution in [-0.2, 0) is 5.41 Å². The van der Waals surface area contributed by atoms with E-state index < -0.39 is 0 Å². The number of rotatable bonds is 2. The molecule has 104 valence electrons. The average Bonchev–Trinajstić information content (AvgIpc) is 3.05. The largest absolute Gasteiger partial charge is 0.337 e. The maximum absolute atomic E-state index is 12.6. The minimum Gasteiger partial charge on any atom is -0.337 e. The second kappa shape index (κ2) is 4.36. The number of carbonyl (C=O) groups excluding carboxylic acids is 1. The highest BCUT2D eigenvalue weighted by Gasteiger charge is 2.39. The topological polar surface area (TPSA) is 20.3 Å². The van der Waals surface area contributed by atoms with E-state index in [1.54, 1.807) is 0 Å². The Morgan fingerprint density at radius 1 is 1.21 bits per heavy atom. The minimum absolute atomic E-state index is 0.113. The van der Waals surface area contributed by atoms with Gasteiger partial charge in [0.25, 0.3) is 5.91 Å². The third-order valence-electron chi connectivity index (χ3n) is 4.33. The van der Waals surface area contributed by atoms with Gasteiger partial charge in [0.05, 0.1) is 0 Å². The van der Waals surface area contributed by atoms with E-state index in [9.17, 15) is 4.79 Å². The van der Waals surface area contributed by atoms with Crippen molar-refractivity contribution in [2.24, 2.45) is 0 Å². The molecule has 1 amide bonds. The van der Waals surface area contributed by atoms with E-state index in [4.69, 9.17) is 0 Å². The van der Waals surface area contributed by atoms with Gasteiger partial charge < -0.3 is 4.90 Å². The Morgan fingerprint density at radius 3 is 2.26 bits per heavy atom. The number of amides is 1. The molecule has 0 unspecified atom stereocenters. The number of hydrogen-bond donors (Lipinski definition) is 0. The number of carbonyl (C=O) groups is 1. The van der Waals surface area contributed by atoms with E-state index in [-0.39, 0.29) is 11.4 Å². The molecular formula is C17H25NO. The quantitative estimate of drug-likeness (QED) is 0.788. The molecule has 1 fully saturated rings. The Kier molecular flexibility index (Phi) is 3.24. The zero-order valence-electron chi connectivity index (χ0n) is 13.0. The normalized spacial score (nSPS) is 17.2. The van der Waals surface area contributed by atoms with Gasteiger partial charge in [-0.3, -0.25) is 4.79 Å². The fourth-order valence-electron chi connectivity index (χ4n) is 2.23. The number of hydrogen-bond acceptors (Lipinski definition) is 1. The molecule has 0 aliphatic heterocycles. The van der Waals surface area contributed by atoms with Crippen molar-refractivity contribution in [1.29, 1.82) is 0 Å². The van der Waals surface area contributed by atoms with Crippen molar-refractivity contribution < 1.29 is 4.79 Å². The van der Waals surface area contributed by atoms with Crippen LogP contribution in [0.25, 0.3) is 0 Å². The third kappa shape index (κ3) is 2.83. The van der Waals surface area contributed by atoms with Gasteiger partial charge in [-0.2, -0.15) is 0 Å². The Hall–Kier alpha value is -1.31. The fraction of sp³-hybridized carbons (Fsp3) is 0.588. The van der Waals surface area contributed by atoms with Crippen LogP contribution >= 0.6 is 0 Å². The van der Waals surface area contributed by atoms with Crippen LogP contribution in [0.4, 0.5) is 0 Å². The number of benzene rings is 1. The molecule has 0 aromatic heterocycles. The summed E-state index contributed by atoms with van der Waals surface area (Å²) < 4.78 is 0.